The van der Waals surface area contributed by atoms with Gasteiger partial charge in [0.25, 0.3) is 0 Å². The van der Waals surface area contributed by atoms with Crippen LogP contribution in [0.2, 0.25) is 0 Å². The summed E-state index contributed by atoms with van der Waals surface area (Å²) in [4.78, 5) is 4.29. The highest BCUT2D eigenvalue weighted by molar-refractivity contribution is 5.52. The third kappa shape index (κ3) is 3.54. The van der Waals surface area contributed by atoms with Crippen molar-refractivity contribution < 1.29 is 4.74 Å². The van der Waals surface area contributed by atoms with Crippen LogP contribution in [0.1, 0.15) is 44.4 Å². The van der Waals surface area contributed by atoms with Crippen molar-refractivity contribution in [1.82, 2.24) is 4.98 Å². The highest BCUT2D eigenvalue weighted by Crippen LogP contribution is 2.36. The Hall–Kier alpha value is -2.03. The molecule has 0 atom stereocenters. The first-order chi connectivity index (χ1) is 9.81. The molecule has 112 valence electrons. The molecule has 0 radical (unpaired) electrons. The van der Waals surface area contributed by atoms with Crippen molar-refractivity contribution >= 4 is 5.69 Å². The van der Waals surface area contributed by atoms with Gasteiger partial charge in [0.1, 0.15) is 5.75 Å². The number of nitrogen functional groups attached to an aromatic ring is 1. The SMILES string of the molecule is CCc1ccc(Oc2ncc(C)cc2N)c(C(C)(C)C)c1. The van der Waals surface area contributed by atoms with Gasteiger partial charge < -0.3 is 10.5 Å². The number of aryl methyl sites for hydroxylation is 2. The van der Waals surface area contributed by atoms with Crippen molar-refractivity contribution in [2.45, 2.75) is 46.5 Å². The van der Waals surface area contributed by atoms with Crippen molar-refractivity contribution in [2.24, 2.45) is 0 Å². The van der Waals surface area contributed by atoms with Gasteiger partial charge in [-0.2, -0.15) is 0 Å². The predicted octanol–water partition coefficient (Wildman–Crippen LogP) is 4.62. The van der Waals surface area contributed by atoms with E-state index in [1.54, 1.807) is 6.20 Å². The summed E-state index contributed by atoms with van der Waals surface area (Å²) in [6.45, 7) is 10.7. The van der Waals surface area contributed by atoms with E-state index in [9.17, 15) is 0 Å². The van der Waals surface area contributed by atoms with Gasteiger partial charge in [-0.3, -0.25) is 0 Å². The minimum atomic E-state index is -0.0000275. The molecule has 1 heterocycles. The molecule has 0 spiro atoms. The minimum absolute atomic E-state index is 0.0000275. The molecule has 2 aromatic rings. The molecule has 2 N–H and O–H groups in total. The normalized spacial score (nSPS) is 11.5. The average molecular weight is 284 g/mol. The second-order valence-electron chi connectivity index (χ2n) is 6.44. The van der Waals surface area contributed by atoms with Gasteiger partial charge in [0.15, 0.2) is 0 Å². The Bertz CT molecular complexity index is 642. The molecule has 0 amide bonds. The molecule has 1 aromatic carbocycles. The fourth-order valence-corrected chi connectivity index (χ4v) is 2.24. The second kappa shape index (κ2) is 5.76. The standard InChI is InChI=1S/C18H24N2O/c1-6-13-7-8-16(14(10-13)18(3,4)5)21-17-15(19)9-12(2)11-20-17/h7-11H,6,19H2,1-5H3. The van der Waals surface area contributed by atoms with Crippen LogP contribution in [0.15, 0.2) is 30.5 Å². The maximum atomic E-state index is 6.00. The van der Waals surface area contributed by atoms with Crippen molar-refractivity contribution in [3.63, 3.8) is 0 Å². The second-order valence-corrected chi connectivity index (χ2v) is 6.44. The smallest absolute Gasteiger partial charge is 0.242 e. The van der Waals surface area contributed by atoms with Crippen molar-refractivity contribution in [1.29, 1.82) is 0 Å². The highest BCUT2D eigenvalue weighted by Gasteiger charge is 2.20. The molecule has 0 saturated carbocycles. The summed E-state index contributed by atoms with van der Waals surface area (Å²) in [7, 11) is 0. The largest absolute Gasteiger partial charge is 0.437 e. The van der Waals surface area contributed by atoms with E-state index < -0.39 is 0 Å². The summed E-state index contributed by atoms with van der Waals surface area (Å²) in [6.07, 6.45) is 2.77. The topological polar surface area (TPSA) is 48.1 Å². The number of hydrogen-bond donors (Lipinski definition) is 1. The van der Waals surface area contributed by atoms with Crippen LogP contribution in [0.5, 0.6) is 11.6 Å². The zero-order valence-electron chi connectivity index (χ0n) is 13.5. The monoisotopic (exact) mass is 284 g/mol. The molecular weight excluding hydrogens is 260 g/mol. The molecule has 0 aliphatic rings. The predicted molar refractivity (Wildman–Crippen MR) is 88.0 cm³/mol. The van der Waals surface area contributed by atoms with E-state index in [1.165, 1.54) is 11.1 Å². The number of anilines is 1. The quantitative estimate of drug-likeness (QED) is 0.894. The Morgan fingerprint density at radius 1 is 1.19 bits per heavy atom. The summed E-state index contributed by atoms with van der Waals surface area (Å²) in [5, 5.41) is 0. The zero-order valence-corrected chi connectivity index (χ0v) is 13.5. The number of pyridine rings is 1. The summed E-state index contributed by atoms with van der Waals surface area (Å²) < 4.78 is 5.99. The third-order valence-corrected chi connectivity index (χ3v) is 3.48. The summed E-state index contributed by atoms with van der Waals surface area (Å²) in [5.41, 5.74) is 10.1. The van der Waals surface area contributed by atoms with Crippen molar-refractivity contribution in [2.75, 3.05) is 5.73 Å². The van der Waals surface area contributed by atoms with E-state index in [2.05, 4.69) is 44.8 Å². The van der Waals surface area contributed by atoms with Crippen molar-refractivity contribution in [3.8, 4) is 11.6 Å². The Labute approximate surface area is 127 Å². The number of aromatic nitrogens is 1. The van der Waals surface area contributed by atoms with Crippen LogP contribution in [0, 0.1) is 6.92 Å². The van der Waals surface area contributed by atoms with Crippen LogP contribution in [-0.2, 0) is 11.8 Å². The number of hydrogen-bond acceptors (Lipinski definition) is 3. The van der Waals surface area contributed by atoms with Gasteiger partial charge in [-0.05, 0) is 42.0 Å². The molecule has 0 saturated heterocycles. The molecule has 1 aromatic heterocycles. The lowest BCUT2D eigenvalue weighted by molar-refractivity contribution is 0.441. The summed E-state index contributed by atoms with van der Waals surface area (Å²) >= 11 is 0. The van der Waals surface area contributed by atoms with Crippen molar-refractivity contribution in [3.05, 3.63) is 47.2 Å². The fraction of sp³-hybridized carbons (Fsp3) is 0.389. The number of rotatable bonds is 3. The summed E-state index contributed by atoms with van der Waals surface area (Å²) in [6, 6.07) is 8.19. The Kier molecular flexibility index (Phi) is 4.21. The van der Waals surface area contributed by atoms with Crippen LogP contribution in [0.25, 0.3) is 0 Å². The maximum absolute atomic E-state index is 6.00. The van der Waals surface area contributed by atoms with Crippen LogP contribution >= 0.6 is 0 Å². The molecule has 3 heteroatoms. The average Bonchev–Trinajstić information content (AvgIpc) is 2.41. The minimum Gasteiger partial charge on any atom is -0.437 e. The van der Waals surface area contributed by atoms with E-state index in [1.807, 2.05) is 19.1 Å². The lowest BCUT2D eigenvalue weighted by Crippen LogP contribution is -2.13. The first kappa shape index (κ1) is 15.4. The van der Waals surface area contributed by atoms with Gasteiger partial charge in [0, 0.05) is 11.8 Å². The Balaban J connectivity index is 2.44. The number of nitrogens with two attached hydrogens (primary N) is 1. The van der Waals surface area contributed by atoms with Gasteiger partial charge in [-0.25, -0.2) is 4.98 Å². The molecule has 0 fully saturated rings. The molecular formula is C18H24N2O. The molecule has 0 bridgehead atoms. The summed E-state index contributed by atoms with van der Waals surface area (Å²) in [5.74, 6) is 1.29. The van der Waals surface area contributed by atoms with Gasteiger partial charge in [-0.15, -0.1) is 0 Å². The van der Waals surface area contributed by atoms with E-state index in [-0.39, 0.29) is 5.41 Å². The molecule has 0 unspecified atom stereocenters. The third-order valence-electron chi connectivity index (χ3n) is 3.48. The Morgan fingerprint density at radius 2 is 1.90 bits per heavy atom. The first-order valence-electron chi connectivity index (χ1n) is 7.34. The van der Waals surface area contributed by atoms with Crippen LogP contribution in [-0.4, -0.2) is 4.98 Å². The van der Waals surface area contributed by atoms with Crippen LogP contribution in [0.3, 0.4) is 0 Å². The molecule has 2 rings (SSSR count). The first-order valence-corrected chi connectivity index (χ1v) is 7.34. The number of benzene rings is 1. The maximum Gasteiger partial charge on any atom is 0.242 e. The van der Waals surface area contributed by atoms with E-state index in [0.717, 1.165) is 17.7 Å². The molecule has 0 aliphatic carbocycles. The number of nitrogens with zero attached hydrogens (tertiary/aromatic N) is 1. The molecule has 3 nitrogen and oxygen atoms in total. The zero-order chi connectivity index (χ0) is 15.6. The fourth-order valence-electron chi connectivity index (χ4n) is 2.24. The lowest BCUT2D eigenvalue weighted by atomic mass is 9.85. The molecule has 0 aliphatic heterocycles. The van der Waals surface area contributed by atoms with Gasteiger partial charge in [-0.1, -0.05) is 39.8 Å². The van der Waals surface area contributed by atoms with Gasteiger partial charge >= 0.3 is 0 Å². The Morgan fingerprint density at radius 3 is 2.48 bits per heavy atom. The van der Waals surface area contributed by atoms with Gasteiger partial charge in [0.2, 0.25) is 5.88 Å². The van der Waals surface area contributed by atoms with Crippen LogP contribution < -0.4 is 10.5 Å². The van der Waals surface area contributed by atoms with E-state index >= 15 is 0 Å². The van der Waals surface area contributed by atoms with E-state index in [0.29, 0.717) is 11.6 Å². The van der Waals surface area contributed by atoms with Crippen LogP contribution in [0.4, 0.5) is 5.69 Å². The molecule has 21 heavy (non-hydrogen) atoms. The lowest BCUT2D eigenvalue weighted by Gasteiger charge is -2.23. The highest BCUT2D eigenvalue weighted by atomic mass is 16.5. The number of ether oxygens (including phenoxy) is 1. The van der Waals surface area contributed by atoms with Gasteiger partial charge in [0.05, 0.1) is 5.69 Å². The van der Waals surface area contributed by atoms with E-state index in [4.69, 9.17) is 10.5 Å².